The third-order valence-electron chi connectivity index (χ3n) is 2.60. The molecule has 0 saturated carbocycles. The summed E-state index contributed by atoms with van der Waals surface area (Å²) in [7, 11) is 0. The molecule has 8 nitrogen and oxygen atoms in total. The van der Waals surface area contributed by atoms with Crippen LogP contribution in [0.3, 0.4) is 0 Å². The van der Waals surface area contributed by atoms with Crippen LogP contribution in [0.2, 0.25) is 0 Å². The van der Waals surface area contributed by atoms with Crippen LogP contribution in [0.1, 0.15) is 0 Å². The maximum absolute atomic E-state index is 11.8. The second-order valence-corrected chi connectivity index (χ2v) is 3.51. The van der Waals surface area contributed by atoms with Crippen molar-refractivity contribution in [1.29, 1.82) is 0 Å². The van der Waals surface area contributed by atoms with Gasteiger partial charge in [-0.15, -0.1) is 0 Å². The topological polar surface area (TPSA) is 129 Å². The van der Waals surface area contributed by atoms with E-state index < -0.39 is 54.9 Å². The molecule has 0 aliphatic rings. The van der Waals surface area contributed by atoms with E-state index in [-0.39, 0.29) is 0 Å². The van der Waals surface area contributed by atoms with E-state index in [2.05, 4.69) is 8.83 Å². The quantitative estimate of drug-likeness (QED) is 0.432. The average molecular weight is 248 g/mol. The van der Waals surface area contributed by atoms with Gasteiger partial charge in [0.2, 0.25) is 10.9 Å². The molecule has 18 heavy (non-hydrogen) atoms. The molecule has 0 saturated heterocycles. The van der Waals surface area contributed by atoms with Crippen LogP contribution in [0.5, 0.6) is 0 Å². The molecule has 0 bridgehead atoms. The van der Waals surface area contributed by atoms with Crippen molar-refractivity contribution in [2.75, 3.05) is 0 Å². The second-order valence-electron chi connectivity index (χ2n) is 3.51. The number of furan rings is 2. The molecular formula is C10O8. The normalized spacial score (nSPS) is 11.6. The Morgan fingerprint density at radius 3 is 0.889 bits per heavy atom. The summed E-state index contributed by atoms with van der Waals surface area (Å²) in [5.41, 5.74) is -7.66. The number of benzene rings is 1. The number of fused-ring (bicyclic) bond motifs is 2. The van der Waals surface area contributed by atoms with Gasteiger partial charge in [-0.25, -0.2) is 19.2 Å². The van der Waals surface area contributed by atoms with Crippen LogP contribution < -0.4 is 33.4 Å². The lowest BCUT2D eigenvalue weighted by atomic mass is 10.1. The Morgan fingerprint density at radius 1 is 0.444 bits per heavy atom. The van der Waals surface area contributed by atoms with E-state index in [1.165, 1.54) is 0 Å². The van der Waals surface area contributed by atoms with Crippen LogP contribution in [0, 0.1) is 0 Å². The largest absolute Gasteiger partial charge is 0.385 e. The monoisotopic (exact) mass is 248 g/mol. The number of rotatable bonds is 0. The van der Waals surface area contributed by atoms with Crippen molar-refractivity contribution in [3.05, 3.63) is 62.1 Å². The number of hydrogen-bond acceptors (Lipinski definition) is 8. The van der Waals surface area contributed by atoms with Gasteiger partial charge in [0.15, 0.2) is 0 Å². The van der Waals surface area contributed by atoms with Crippen LogP contribution in [0.15, 0.2) is 37.6 Å². The van der Waals surface area contributed by atoms with Crippen molar-refractivity contribution >= 4 is 21.5 Å². The molecule has 1 aromatic carbocycles. The molecule has 8 heteroatoms. The summed E-state index contributed by atoms with van der Waals surface area (Å²) in [5.74, 6) is 0. The standard InChI is InChI=1S/C10O8/c11-5-1-2(8(14)17-7(1)13)6(12)4-3(5)9(15)18-10(4)16. The lowest BCUT2D eigenvalue weighted by Crippen LogP contribution is -2.21. The molecule has 2 heterocycles. The van der Waals surface area contributed by atoms with Crippen LogP contribution in [0.4, 0.5) is 0 Å². The van der Waals surface area contributed by atoms with Crippen molar-refractivity contribution in [1.82, 2.24) is 0 Å². The molecule has 0 atom stereocenters. The Balaban J connectivity index is 3.06. The zero-order valence-electron chi connectivity index (χ0n) is 8.27. The minimum Gasteiger partial charge on any atom is -0.385 e. The molecule has 0 amide bonds. The third-order valence-corrected chi connectivity index (χ3v) is 2.60. The van der Waals surface area contributed by atoms with E-state index in [9.17, 15) is 28.8 Å². The van der Waals surface area contributed by atoms with E-state index in [4.69, 9.17) is 0 Å². The highest BCUT2D eigenvalue weighted by atomic mass is 16.4. The lowest BCUT2D eigenvalue weighted by molar-refractivity contribution is 0.498. The fourth-order valence-electron chi connectivity index (χ4n) is 1.86. The Hall–Kier alpha value is -2.90. The van der Waals surface area contributed by atoms with Gasteiger partial charge in [0.25, 0.3) is 0 Å². The van der Waals surface area contributed by atoms with Gasteiger partial charge in [-0.05, 0) is 0 Å². The molecule has 88 valence electrons. The zero-order chi connectivity index (χ0) is 13.2. The molecule has 2 aromatic heterocycles. The van der Waals surface area contributed by atoms with Gasteiger partial charge >= 0.3 is 22.5 Å². The van der Waals surface area contributed by atoms with Gasteiger partial charge in [-0.3, -0.25) is 9.59 Å². The van der Waals surface area contributed by atoms with Gasteiger partial charge < -0.3 is 8.83 Å². The van der Waals surface area contributed by atoms with Crippen molar-refractivity contribution in [2.45, 2.75) is 0 Å². The highest BCUT2D eigenvalue weighted by Crippen LogP contribution is 2.01. The van der Waals surface area contributed by atoms with Gasteiger partial charge in [0.1, 0.15) is 21.5 Å². The van der Waals surface area contributed by atoms with E-state index >= 15 is 0 Å². The van der Waals surface area contributed by atoms with Crippen molar-refractivity contribution in [3.8, 4) is 0 Å². The first-order valence-electron chi connectivity index (χ1n) is 4.54. The maximum Gasteiger partial charge on any atom is 0.351 e. The molecule has 3 aromatic rings. The summed E-state index contributed by atoms with van der Waals surface area (Å²) in [6.07, 6.45) is 0. The SMILES string of the molecule is O=c1oc(=O)c2c(=O)c3c(=O)oc(=O)c3c(=O)c12. The van der Waals surface area contributed by atoms with Crippen LogP contribution >= 0.6 is 0 Å². The molecular weight excluding hydrogens is 248 g/mol. The average Bonchev–Trinajstić information content (AvgIpc) is 2.73. The second kappa shape index (κ2) is 2.86. The van der Waals surface area contributed by atoms with Gasteiger partial charge in [0, 0.05) is 0 Å². The third kappa shape index (κ3) is 0.943. The molecule has 0 spiro atoms. The molecule has 3 rings (SSSR count). The Kier molecular flexibility index (Phi) is 1.63. The summed E-state index contributed by atoms with van der Waals surface area (Å²) >= 11 is 0. The van der Waals surface area contributed by atoms with Crippen LogP contribution in [-0.4, -0.2) is 0 Å². The van der Waals surface area contributed by atoms with Crippen molar-refractivity contribution < 1.29 is 8.83 Å². The fourth-order valence-corrected chi connectivity index (χ4v) is 1.86. The predicted molar refractivity (Wildman–Crippen MR) is 57.2 cm³/mol. The molecule has 0 N–H and O–H groups in total. The van der Waals surface area contributed by atoms with Crippen molar-refractivity contribution in [3.63, 3.8) is 0 Å². The van der Waals surface area contributed by atoms with E-state index in [1.54, 1.807) is 0 Å². The zero-order valence-corrected chi connectivity index (χ0v) is 8.27. The Bertz CT molecular complexity index is 947. The lowest BCUT2D eigenvalue weighted by Gasteiger charge is -1.83. The van der Waals surface area contributed by atoms with Crippen molar-refractivity contribution in [2.24, 2.45) is 0 Å². The molecule has 0 radical (unpaired) electrons. The van der Waals surface area contributed by atoms with E-state index in [0.29, 0.717) is 0 Å². The molecule has 0 aliphatic carbocycles. The number of hydrogen-bond donors (Lipinski definition) is 0. The van der Waals surface area contributed by atoms with Crippen LogP contribution in [-0.2, 0) is 0 Å². The van der Waals surface area contributed by atoms with Crippen LogP contribution in [0.25, 0.3) is 21.5 Å². The minimum absolute atomic E-state index is 0.824. The first-order chi connectivity index (χ1) is 8.43. The maximum atomic E-state index is 11.8. The van der Waals surface area contributed by atoms with Gasteiger partial charge in [-0.2, -0.15) is 0 Å². The summed E-state index contributed by atoms with van der Waals surface area (Å²) < 4.78 is 8.20. The predicted octanol–water partition coefficient (Wildman–Crippen LogP) is -2.35. The minimum atomic E-state index is -1.31. The summed E-state index contributed by atoms with van der Waals surface area (Å²) in [5, 5.41) is -3.29. The highest BCUT2D eigenvalue weighted by Gasteiger charge is 2.25. The smallest absolute Gasteiger partial charge is 0.351 e. The first-order valence-corrected chi connectivity index (χ1v) is 4.54. The van der Waals surface area contributed by atoms with Gasteiger partial charge in [-0.1, -0.05) is 0 Å². The molecule has 0 aliphatic heterocycles. The van der Waals surface area contributed by atoms with Gasteiger partial charge in [0.05, 0.1) is 0 Å². The fraction of sp³-hybridized carbons (Fsp3) is 0. The van der Waals surface area contributed by atoms with E-state index in [1.807, 2.05) is 0 Å². The Labute approximate surface area is 93.4 Å². The first kappa shape index (κ1) is 10.3. The molecule has 0 unspecified atom stereocenters. The summed E-state index contributed by atoms with van der Waals surface area (Å²) in [4.78, 5) is 68.4. The summed E-state index contributed by atoms with van der Waals surface area (Å²) in [6.45, 7) is 0. The molecule has 0 fully saturated rings. The van der Waals surface area contributed by atoms with E-state index in [0.717, 1.165) is 0 Å². The Morgan fingerprint density at radius 2 is 0.667 bits per heavy atom. The highest BCUT2D eigenvalue weighted by molar-refractivity contribution is 5.96. The summed E-state index contributed by atoms with van der Waals surface area (Å²) in [6, 6.07) is 0.